The summed E-state index contributed by atoms with van der Waals surface area (Å²) in [7, 11) is 0. The number of H-pyrrole nitrogens is 1. The number of hydrogen-bond acceptors (Lipinski definition) is 6. The number of imidazole rings is 2. The van der Waals surface area contributed by atoms with Gasteiger partial charge in [0.1, 0.15) is 16.1 Å². The molecule has 9 heterocycles. The Morgan fingerprint density at radius 3 is 1.67 bits per heavy atom. The van der Waals surface area contributed by atoms with E-state index in [1.54, 1.807) is 24.5 Å². The van der Waals surface area contributed by atoms with E-state index in [9.17, 15) is 0 Å². The van der Waals surface area contributed by atoms with E-state index in [2.05, 4.69) is 214 Å². The maximum absolute atomic E-state index is 5.60. The lowest BCUT2D eigenvalue weighted by Crippen LogP contribution is -1.95. The number of rotatable bonds is 3. The molecule has 0 saturated carbocycles. The fourth-order valence-corrected chi connectivity index (χ4v) is 13.8. The van der Waals surface area contributed by atoms with E-state index in [0.717, 1.165) is 50.2 Å². The Labute approximate surface area is 454 Å². The third-order valence-electron chi connectivity index (χ3n) is 14.4. The van der Waals surface area contributed by atoms with Gasteiger partial charge in [-0.3, -0.25) is 9.38 Å². The summed E-state index contributed by atoms with van der Waals surface area (Å²) in [5, 5.41) is 13.3. The van der Waals surface area contributed by atoms with Crippen molar-refractivity contribution < 1.29 is 0 Å². The second-order valence-electron chi connectivity index (χ2n) is 18.6. The van der Waals surface area contributed by atoms with Crippen LogP contribution < -0.4 is 0 Å². The van der Waals surface area contributed by atoms with E-state index < -0.39 is 0 Å². The number of fused-ring (bicyclic) bond motifs is 20. The summed E-state index contributed by atoms with van der Waals surface area (Å²) in [6.07, 6.45) is 11.1. The topological polar surface area (TPSA) is 81.6 Å². The predicted molar refractivity (Wildman–Crippen MR) is 323 cm³/mol. The first-order chi connectivity index (χ1) is 37.6. The first-order valence-corrected chi connectivity index (χ1v) is 27.5. The zero-order valence-electron chi connectivity index (χ0n) is 40.1. The van der Waals surface area contributed by atoms with Gasteiger partial charge in [-0.15, -0.1) is 22.7 Å². The minimum atomic E-state index is 0.646. The second-order valence-corrected chi connectivity index (χ2v) is 21.9. The van der Waals surface area contributed by atoms with Gasteiger partial charge < -0.3 is 14.1 Å². The van der Waals surface area contributed by atoms with Gasteiger partial charge in [-0.05, 0) is 119 Å². The lowest BCUT2D eigenvalue weighted by molar-refractivity contribution is 1.18. The lowest BCUT2D eigenvalue weighted by Gasteiger charge is -2.10. The zero-order chi connectivity index (χ0) is 50.4. The fourth-order valence-electron chi connectivity index (χ4n) is 11.2. The molecule has 8 nitrogen and oxygen atoms in total. The van der Waals surface area contributed by atoms with E-state index in [4.69, 9.17) is 21.6 Å². The molecule has 0 spiro atoms. The highest BCUT2D eigenvalue weighted by Gasteiger charge is 2.22. The quantitative estimate of drug-likeness (QED) is 0.141. The summed E-state index contributed by atoms with van der Waals surface area (Å²) in [6.45, 7) is 0. The van der Waals surface area contributed by atoms with Crippen LogP contribution in [0, 0.1) is 0 Å². The van der Waals surface area contributed by atoms with E-state index in [0.29, 0.717) is 9.63 Å². The minimum Gasteiger partial charge on any atom is -0.345 e. The molecule has 0 radical (unpaired) electrons. The smallest absolute Gasteiger partial charge is 0.145 e. The number of thiophene rings is 2. The van der Waals surface area contributed by atoms with Crippen molar-refractivity contribution >= 4 is 162 Å². The molecule has 9 aromatic heterocycles. The largest absolute Gasteiger partial charge is 0.345 e. The molecule has 0 fully saturated rings. The van der Waals surface area contributed by atoms with Crippen LogP contribution in [0.4, 0.5) is 0 Å². The molecule has 12 heteroatoms. The number of benzene rings is 8. The van der Waals surface area contributed by atoms with Gasteiger partial charge in [0.2, 0.25) is 0 Å². The lowest BCUT2D eigenvalue weighted by atomic mass is 10.0. The van der Waals surface area contributed by atoms with Crippen LogP contribution in [0.15, 0.2) is 230 Å². The molecule has 17 aromatic rings. The fraction of sp³-hybridized carbons (Fsp3) is 0. The number of aromatic amines is 1. The van der Waals surface area contributed by atoms with Crippen molar-refractivity contribution in [2.75, 3.05) is 0 Å². The summed E-state index contributed by atoms with van der Waals surface area (Å²) < 4.78 is 12.9. The van der Waals surface area contributed by atoms with Crippen molar-refractivity contribution in [2.24, 2.45) is 0 Å². The Morgan fingerprint density at radius 2 is 1.04 bits per heavy atom. The molecule has 8 aromatic carbocycles. The van der Waals surface area contributed by atoms with Crippen molar-refractivity contribution in [1.29, 1.82) is 0 Å². The standard InChI is InChI=1S/C32H18N4S.C27H17N3S.C5H3BrClN/c1-2-7-19(8-3-1)36-24-12-13-28-30(20-9-4-5-11-27(20)37-28)29(24)23-17-21-22(18-26(23)36)32-34-15-16-35(32)25-10-6-14-33-31(21)25;1-2-6-18(7-3-1)30-21-12-13-24-26(20-8-4-5-9-23(20)31-24)25(21)19-11-10-17(16-22(19)30)27-28-14-15-29-27;6-5-4(7)2-1-3-8-5/h1-18H;1-16H,(H,28,29);1-3H. The predicted octanol–water partition coefficient (Wildman–Crippen LogP) is 18.5. The Balaban J connectivity index is 0.000000118. The second kappa shape index (κ2) is 18.0. The first kappa shape index (κ1) is 44.7. The summed E-state index contributed by atoms with van der Waals surface area (Å²) in [4.78, 5) is 21.2. The average Bonchev–Trinajstić information content (AvgIpc) is 4.40. The summed E-state index contributed by atoms with van der Waals surface area (Å²) in [5.74, 6) is 0.887. The molecular weight excluding hydrogens is 1060 g/mol. The summed E-state index contributed by atoms with van der Waals surface area (Å²) in [6, 6.07) is 66.9. The third kappa shape index (κ3) is 7.08. The number of pyridine rings is 3. The molecule has 76 heavy (non-hydrogen) atoms. The van der Waals surface area contributed by atoms with E-state index in [1.807, 2.05) is 53.5 Å². The first-order valence-electron chi connectivity index (χ1n) is 24.7. The van der Waals surface area contributed by atoms with E-state index in [-0.39, 0.29) is 0 Å². The van der Waals surface area contributed by atoms with Gasteiger partial charge in [-0.1, -0.05) is 96.5 Å². The van der Waals surface area contributed by atoms with Crippen molar-refractivity contribution in [3.05, 3.63) is 235 Å². The van der Waals surface area contributed by atoms with Crippen LogP contribution >= 0.6 is 50.2 Å². The van der Waals surface area contributed by atoms with Crippen LogP contribution in [-0.2, 0) is 0 Å². The molecule has 1 N–H and O–H groups in total. The van der Waals surface area contributed by atoms with Crippen LogP contribution in [0.3, 0.4) is 0 Å². The average molecular weight is 1100 g/mol. The maximum Gasteiger partial charge on any atom is 0.145 e. The number of aromatic nitrogens is 8. The van der Waals surface area contributed by atoms with Crippen LogP contribution in [0.25, 0.3) is 134 Å². The molecule has 0 atom stereocenters. The highest BCUT2D eigenvalue weighted by molar-refractivity contribution is 9.10. The minimum absolute atomic E-state index is 0.646. The highest BCUT2D eigenvalue weighted by atomic mass is 79.9. The molecule has 0 aliphatic rings. The van der Waals surface area contributed by atoms with Crippen LogP contribution in [-0.4, -0.2) is 38.5 Å². The van der Waals surface area contributed by atoms with E-state index >= 15 is 0 Å². The van der Waals surface area contributed by atoms with Gasteiger partial charge in [0, 0.05) is 127 Å². The molecule has 0 bridgehead atoms. The monoisotopic (exact) mass is 1100 g/mol. The van der Waals surface area contributed by atoms with Gasteiger partial charge >= 0.3 is 0 Å². The number of para-hydroxylation sites is 2. The molecule has 0 amide bonds. The number of hydrogen-bond donors (Lipinski definition) is 1. The summed E-state index contributed by atoms with van der Waals surface area (Å²) >= 11 is 12.5. The van der Waals surface area contributed by atoms with Gasteiger partial charge in [-0.25, -0.2) is 15.0 Å². The van der Waals surface area contributed by atoms with Crippen molar-refractivity contribution in [3.63, 3.8) is 0 Å². The molecule has 0 aliphatic heterocycles. The van der Waals surface area contributed by atoms with Gasteiger partial charge in [-0.2, -0.15) is 0 Å². The van der Waals surface area contributed by atoms with Crippen LogP contribution in [0.5, 0.6) is 0 Å². The Bertz CT molecular complexity index is 5080. The van der Waals surface area contributed by atoms with Crippen molar-refractivity contribution in [3.8, 4) is 22.8 Å². The molecule has 360 valence electrons. The molecule has 17 rings (SSSR count). The van der Waals surface area contributed by atoms with Gasteiger partial charge in [0.25, 0.3) is 0 Å². The Kier molecular flexibility index (Phi) is 10.6. The third-order valence-corrected chi connectivity index (χ3v) is 17.8. The van der Waals surface area contributed by atoms with Crippen LogP contribution in [0.2, 0.25) is 5.02 Å². The number of nitrogens with one attached hydrogen (secondary N) is 1. The van der Waals surface area contributed by atoms with Gasteiger partial charge in [0.15, 0.2) is 0 Å². The highest BCUT2D eigenvalue weighted by Crippen LogP contribution is 2.46. The van der Waals surface area contributed by atoms with Gasteiger partial charge in [0.05, 0.1) is 38.1 Å². The zero-order valence-corrected chi connectivity index (χ0v) is 44.0. The molecular formula is C64H38BrClN8S2. The maximum atomic E-state index is 5.60. The van der Waals surface area contributed by atoms with E-state index in [1.165, 1.54) is 84.0 Å². The van der Waals surface area contributed by atoms with Crippen molar-refractivity contribution in [1.82, 2.24) is 38.5 Å². The summed E-state index contributed by atoms with van der Waals surface area (Å²) in [5.41, 5.74) is 11.2. The number of halogens is 2. The molecule has 0 aliphatic carbocycles. The Hall–Kier alpha value is -8.71. The molecule has 0 unspecified atom stereocenters. The number of nitrogens with zero attached hydrogens (tertiary/aromatic N) is 7. The Morgan fingerprint density at radius 1 is 0.421 bits per heavy atom. The SMILES string of the molecule is Clc1cccnc1Br.c1ccc(-n2c3cc(-c4ncc[nH]4)ccc3c3c4c(ccc32)sc2ccccc24)cc1.c1ccc(-n2c3cc4c(cc3c3c5c(ccc32)sc2ccccc25)c2ncccc2n2ccnc42)cc1. The van der Waals surface area contributed by atoms with Crippen LogP contribution in [0.1, 0.15) is 0 Å². The normalized spacial score (nSPS) is 11.8. The molecule has 0 saturated heterocycles. The van der Waals surface area contributed by atoms with Crippen molar-refractivity contribution in [2.45, 2.75) is 0 Å².